The van der Waals surface area contributed by atoms with E-state index in [9.17, 15) is 23.3 Å². The largest absolute Gasteiger partial charge is 0.416 e. The van der Waals surface area contributed by atoms with Crippen molar-refractivity contribution in [1.82, 2.24) is 4.98 Å². The molecule has 0 unspecified atom stereocenters. The predicted octanol–water partition coefficient (Wildman–Crippen LogP) is 1.51. The van der Waals surface area contributed by atoms with E-state index in [1.54, 1.807) is 0 Å². The molecule has 1 rings (SSSR count). The fourth-order valence-electron chi connectivity index (χ4n) is 1.11. The number of alkyl halides is 3. The first kappa shape index (κ1) is 12.4. The van der Waals surface area contributed by atoms with Crippen molar-refractivity contribution in [3.63, 3.8) is 0 Å². The van der Waals surface area contributed by atoms with Gasteiger partial charge in [-0.25, -0.2) is 0 Å². The zero-order valence-corrected chi connectivity index (χ0v) is 7.99. The van der Waals surface area contributed by atoms with E-state index >= 15 is 0 Å². The van der Waals surface area contributed by atoms with Gasteiger partial charge in [0, 0.05) is 19.0 Å². The summed E-state index contributed by atoms with van der Waals surface area (Å²) in [5.74, 6) is -0.821. The molecule has 0 saturated carbocycles. The van der Waals surface area contributed by atoms with Crippen LogP contribution in [0.15, 0.2) is 12.1 Å². The van der Waals surface area contributed by atoms with Crippen LogP contribution in [0.5, 0.6) is 0 Å². The fraction of sp³-hybridized carbons (Fsp3) is 0.375. The number of hydrogen-bond acceptors (Lipinski definition) is 4. The fourth-order valence-corrected chi connectivity index (χ4v) is 1.11. The summed E-state index contributed by atoms with van der Waals surface area (Å²) in [6.45, 7) is 0.0749. The Morgan fingerprint density at radius 3 is 2.50 bits per heavy atom. The zero-order valence-electron chi connectivity index (χ0n) is 7.99. The Morgan fingerprint density at radius 1 is 1.44 bits per heavy atom. The summed E-state index contributed by atoms with van der Waals surface area (Å²) in [6.07, 6.45) is -4.57. The Labute approximate surface area is 88.2 Å². The van der Waals surface area contributed by atoms with Crippen molar-refractivity contribution >= 4 is 5.82 Å². The molecule has 0 spiro atoms. The highest BCUT2D eigenvalue weighted by molar-refractivity contribution is 5.31. The summed E-state index contributed by atoms with van der Waals surface area (Å²) in [4.78, 5) is 12.9. The Morgan fingerprint density at radius 2 is 2.06 bits per heavy atom. The molecule has 0 saturated heterocycles. The third-order valence-electron chi connectivity index (χ3n) is 1.78. The van der Waals surface area contributed by atoms with Crippen molar-refractivity contribution in [3.8, 4) is 0 Å². The lowest BCUT2D eigenvalue weighted by atomic mass is 10.2. The lowest BCUT2D eigenvalue weighted by Gasteiger charge is -2.06. The van der Waals surface area contributed by atoms with Crippen molar-refractivity contribution in [1.29, 1.82) is 0 Å². The van der Waals surface area contributed by atoms with Crippen molar-refractivity contribution in [2.24, 2.45) is 5.73 Å². The molecule has 0 aliphatic heterocycles. The van der Waals surface area contributed by atoms with Gasteiger partial charge in [0.1, 0.15) is 0 Å². The van der Waals surface area contributed by atoms with E-state index in [1.165, 1.54) is 0 Å². The smallest absolute Gasteiger partial charge is 0.358 e. The molecule has 88 valence electrons. The van der Waals surface area contributed by atoms with Crippen LogP contribution in [0.3, 0.4) is 0 Å². The predicted molar refractivity (Wildman–Crippen MR) is 48.7 cm³/mol. The van der Waals surface area contributed by atoms with Gasteiger partial charge in [-0.1, -0.05) is 0 Å². The van der Waals surface area contributed by atoms with E-state index in [0.717, 1.165) is 6.07 Å². The molecule has 0 atom stereocenters. The topological polar surface area (TPSA) is 82.0 Å². The molecule has 0 bridgehead atoms. The maximum absolute atomic E-state index is 12.4. The van der Waals surface area contributed by atoms with E-state index in [2.05, 4.69) is 4.98 Å². The number of pyridine rings is 1. The van der Waals surface area contributed by atoms with Gasteiger partial charge in [-0.2, -0.15) is 13.2 Å². The molecular weight excluding hydrogens is 227 g/mol. The Kier molecular flexibility index (Phi) is 3.43. The summed E-state index contributed by atoms with van der Waals surface area (Å²) < 4.78 is 37.1. The molecular formula is C8H8F3N3O2. The van der Waals surface area contributed by atoms with Crippen molar-refractivity contribution < 1.29 is 18.1 Å². The molecule has 8 heteroatoms. The van der Waals surface area contributed by atoms with E-state index in [4.69, 9.17) is 5.73 Å². The van der Waals surface area contributed by atoms with Gasteiger partial charge < -0.3 is 15.8 Å². The SMILES string of the molecule is NCCc1cc(C(F)(F)F)cc([N+](=O)[O-])n1. The molecule has 0 fully saturated rings. The van der Waals surface area contributed by atoms with Crippen molar-refractivity contribution in [3.05, 3.63) is 33.5 Å². The van der Waals surface area contributed by atoms with Crippen LogP contribution in [0.2, 0.25) is 0 Å². The minimum Gasteiger partial charge on any atom is -0.358 e. The average Bonchev–Trinajstić information content (AvgIpc) is 2.16. The van der Waals surface area contributed by atoms with Crippen LogP contribution in [0.4, 0.5) is 19.0 Å². The van der Waals surface area contributed by atoms with Crippen LogP contribution >= 0.6 is 0 Å². The quantitative estimate of drug-likeness (QED) is 0.635. The number of rotatable bonds is 3. The first-order chi connectivity index (χ1) is 7.34. The van der Waals surface area contributed by atoms with Crippen LogP contribution in [0, 0.1) is 10.1 Å². The monoisotopic (exact) mass is 235 g/mol. The highest BCUT2D eigenvalue weighted by Crippen LogP contribution is 2.31. The maximum Gasteiger partial charge on any atom is 0.416 e. The summed E-state index contributed by atoms with van der Waals surface area (Å²) in [6, 6.07) is 1.17. The van der Waals surface area contributed by atoms with E-state index in [-0.39, 0.29) is 18.7 Å². The number of aromatic nitrogens is 1. The van der Waals surface area contributed by atoms with Gasteiger partial charge >= 0.3 is 12.0 Å². The molecule has 1 aromatic heterocycles. The van der Waals surface area contributed by atoms with Crippen LogP contribution in [0.1, 0.15) is 11.3 Å². The molecule has 0 amide bonds. The second-order valence-electron chi connectivity index (χ2n) is 3.00. The molecule has 0 aromatic carbocycles. The molecule has 0 aliphatic carbocycles. The Hall–Kier alpha value is -1.70. The zero-order chi connectivity index (χ0) is 12.3. The molecule has 16 heavy (non-hydrogen) atoms. The van der Waals surface area contributed by atoms with Gasteiger partial charge in [0.2, 0.25) is 0 Å². The van der Waals surface area contributed by atoms with Crippen LogP contribution < -0.4 is 5.73 Å². The van der Waals surface area contributed by atoms with E-state index in [0.29, 0.717) is 6.07 Å². The standard InChI is InChI=1S/C8H8F3N3O2/c9-8(10,11)5-3-6(1-2-12)13-7(4-5)14(15)16/h3-4H,1-2,12H2. The second kappa shape index (κ2) is 4.44. The molecule has 1 aromatic rings. The number of halogens is 3. The van der Waals surface area contributed by atoms with Crippen LogP contribution in [-0.4, -0.2) is 16.5 Å². The van der Waals surface area contributed by atoms with Crippen LogP contribution in [0.25, 0.3) is 0 Å². The van der Waals surface area contributed by atoms with Crippen LogP contribution in [-0.2, 0) is 12.6 Å². The molecule has 0 radical (unpaired) electrons. The number of nitrogens with two attached hydrogens (primary N) is 1. The van der Waals surface area contributed by atoms with Crippen molar-refractivity contribution in [2.45, 2.75) is 12.6 Å². The number of nitrogens with zero attached hydrogens (tertiary/aromatic N) is 2. The van der Waals surface area contributed by atoms with E-state index in [1.807, 2.05) is 0 Å². The summed E-state index contributed by atoms with van der Waals surface area (Å²) in [5.41, 5.74) is 4.03. The maximum atomic E-state index is 12.4. The van der Waals surface area contributed by atoms with Crippen molar-refractivity contribution in [2.75, 3.05) is 6.54 Å². The Bertz CT molecular complexity index is 406. The minimum atomic E-state index is -4.63. The molecule has 1 heterocycles. The first-order valence-electron chi connectivity index (χ1n) is 4.27. The number of hydrogen-bond donors (Lipinski definition) is 1. The number of nitro groups is 1. The van der Waals surface area contributed by atoms with Gasteiger partial charge in [-0.05, 0) is 16.0 Å². The normalized spacial score (nSPS) is 11.5. The third-order valence-corrected chi connectivity index (χ3v) is 1.78. The lowest BCUT2D eigenvalue weighted by Crippen LogP contribution is -2.11. The molecule has 0 aliphatic rings. The highest BCUT2D eigenvalue weighted by Gasteiger charge is 2.33. The molecule has 2 N–H and O–H groups in total. The van der Waals surface area contributed by atoms with Gasteiger partial charge in [0.05, 0.1) is 5.56 Å². The first-order valence-corrected chi connectivity index (χ1v) is 4.27. The van der Waals surface area contributed by atoms with E-state index < -0.39 is 22.5 Å². The average molecular weight is 235 g/mol. The minimum absolute atomic E-state index is 0.0379. The lowest BCUT2D eigenvalue weighted by molar-refractivity contribution is -0.389. The summed E-state index contributed by atoms with van der Waals surface area (Å²) in [5, 5.41) is 10.4. The summed E-state index contributed by atoms with van der Waals surface area (Å²) >= 11 is 0. The van der Waals surface area contributed by atoms with Gasteiger partial charge in [0.15, 0.2) is 5.69 Å². The van der Waals surface area contributed by atoms with Gasteiger partial charge in [-0.15, -0.1) is 0 Å². The highest BCUT2D eigenvalue weighted by atomic mass is 19.4. The second-order valence-corrected chi connectivity index (χ2v) is 3.00. The third kappa shape index (κ3) is 2.89. The molecule has 5 nitrogen and oxygen atoms in total. The summed E-state index contributed by atoms with van der Waals surface area (Å²) in [7, 11) is 0. The van der Waals surface area contributed by atoms with Gasteiger partial charge in [-0.3, -0.25) is 0 Å². The van der Waals surface area contributed by atoms with Gasteiger partial charge in [0.25, 0.3) is 0 Å². The Balaban J connectivity index is 3.24.